The minimum Gasteiger partial charge on any atom is -0.462 e. The van der Waals surface area contributed by atoms with E-state index in [2.05, 4.69) is 0 Å². The van der Waals surface area contributed by atoms with Crippen molar-refractivity contribution >= 4 is 17.0 Å². The molecule has 0 aliphatic rings. The van der Waals surface area contributed by atoms with Crippen molar-refractivity contribution in [3.05, 3.63) is 35.6 Å². The first kappa shape index (κ1) is 19.5. The maximum absolute atomic E-state index is 13.1. The van der Waals surface area contributed by atoms with E-state index >= 15 is 0 Å². The number of unbranched alkanes of at least 4 members (excludes halogenated alkanes) is 1. The highest BCUT2D eigenvalue weighted by Gasteiger charge is 2.60. The van der Waals surface area contributed by atoms with E-state index in [0.29, 0.717) is 0 Å². The number of ether oxygens (including phenoxy) is 1. The fourth-order valence-electron chi connectivity index (χ4n) is 1.56. The smallest absolute Gasteiger partial charge is 0.406 e. The Bertz CT molecular complexity index is 562. The first-order chi connectivity index (χ1) is 10.6. The number of hydrogen-bond acceptors (Lipinski definition) is 3. The van der Waals surface area contributed by atoms with Crippen LogP contribution in [0.1, 0.15) is 29.6 Å². The molecule has 0 aromatic heterocycles. The summed E-state index contributed by atoms with van der Waals surface area (Å²) in [5.41, 5.74) is 0.0546. The minimum absolute atomic E-state index is 0.0546. The predicted molar refractivity (Wildman–Crippen MR) is 71.2 cm³/mol. The van der Waals surface area contributed by atoms with Gasteiger partial charge in [-0.15, -0.1) is 0 Å². The molecule has 0 amide bonds. The van der Waals surface area contributed by atoms with Gasteiger partial charge in [0.25, 0.3) is 0 Å². The minimum atomic E-state index is -5.04. The van der Waals surface area contributed by atoms with Crippen molar-refractivity contribution in [1.82, 2.24) is 0 Å². The summed E-state index contributed by atoms with van der Waals surface area (Å²) in [5.74, 6) is -6.00. The van der Waals surface area contributed by atoms with E-state index in [-0.39, 0.29) is 18.6 Å². The van der Waals surface area contributed by atoms with E-state index in [0.717, 1.165) is 12.1 Å². The standard InChI is InChI=1S/C13H13F5O4S/c14-10-5-3-9(4-6-10)11(19)22-8-2-1-7-12(15,16)13(17,18)23(20)21/h3-6H,1-2,7-8H2,(H,20,21). The van der Waals surface area contributed by atoms with Crippen LogP contribution in [0.4, 0.5) is 22.0 Å². The number of benzene rings is 1. The summed E-state index contributed by atoms with van der Waals surface area (Å²) in [6.07, 6.45) is -1.92. The van der Waals surface area contributed by atoms with Crippen LogP contribution < -0.4 is 0 Å². The second-order valence-corrected chi connectivity index (χ2v) is 5.58. The third kappa shape index (κ3) is 5.24. The molecular formula is C13H13F5O4S. The van der Waals surface area contributed by atoms with E-state index in [4.69, 9.17) is 9.29 Å². The van der Waals surface area contributed by atoms with Gasteiger partial charge in [-0.1, -0.05) is 0 Å². The zero-order chi connectivity index (χ0) is 17.7. The average Bonchev–Trinajstić information content (AvgIpc) is 2.46. The Labute approximate surface area is 130 Å². The van der Waals surface area contributed by atoms with E-state index in [9.17, 15) is 31.0 Å². The molecule has 0 aliphatic carbocycles. The second-order valence-electron chi connectivity index (χ2n) is 4.57. The monoisotopic (exact) mass is 360 g/mol. The van der Waals surface area contributed by atoms with E-state index < -0.39 is 46.9 Å². The lowest BCUT2D eigenvalue weighted by Gasteiger charge is -2.23. The van der Waals surface area contributed by atoms with Gasteiger partial charge in [0, 0.05) is 6.42 Å². The van der Waals surface area contributed by atoms with Crippen LogP contribution in [-0.4, -0.2) is 32.5 Å². The lowest BCUT2D eigenvalue weighted by Crippen LogP contribution is -2.43. The van der Waals surface area contributed by atoms with E-state index in [1.165, 1.54) is 12.1 Å². The molecule has 23 heavy (non-hydrogen) atoms. The van der Waals surface area contributed by atoms with Crippen LogP contribution >= 0.6 is 0 Å². The number of esters is 1. The van der Waals surface area contributed by atoms with Crippen molar-refractivity contribution in [3.63, 3.8) is 0 Å². The van der Waals surface area contributed by atoms with E-state index in [1.54, 1.807) is 0 Å². The normalized spacial score (nSPS) is 13.7. The van der Waals surface area contributed by atoms with Gasteiger partial charge in [0.1, 0.15) is 5.82 Å². The molecule has 0 saturated heterocycles. The Hall–Kier alpha value is -1.55. The molecule has 1 N–H and O–H groups in total. The van der Waals surface area contributed by atoms with Gasteiger partial charge in [0.15, 0.2) is 0 Å². The summed E-state index contributed by atoms with van der Waals surface area (Å²) in [6, 6.07) is 4.41. The molecular weight excluding hydrogens is 347 g/mol. The fraction of sp³-hybridized carbons (Fsp3) is 0.462. The molecule has 0 bridgehead atoms. The highest BCUT2D eigenvalue weighted by molar-refractivity contribution is 7.80. The molecule has 1 rings (SSSR count). The van der Waals surface area contributed by atoms with E-state index in [1.807, 2.05) is 0 Å². The number of alkyl halides is 4. The Morgan fingerprint density at radius 1 is 1.13 bits per heavy atom. The zero-order valence-corrected chi connectivity index (χ0v) is 12.4. The molecule has 4 nitrogen and oxygen atoms in total. The van der Waals surface area contributed by atoms with Crippen molar-refractivity contribution in [2.24, 2.45) is 0 Å². The first-order valence-corrected chi connectivity index (χ1v) is 7.48. The van der Waals surface area contributed by atoms with Gasteiger partial charge in [0.2, 0.25) is 11.1 Å². The van der Waals surface area contributed by atoms with Crippen molar-refractivity contribution in [2.45, 2.75) is 30.4 Å². The topological polar surface area (TPSA) is 63.6 Å². The Morgan fingerprint density at radius 2 is 1.70 bits per heavy atom. The first-order valence-electron chi connectivity index (χ1n) is 6.37. The summed E-state index contributed by atoms with van der Waals surface area (Å²) >= 11 is -3.99. The molecule has 0 radical (unpaired) electrons. The number of carbonyl (C=O) groups excluding carboxylic acids is 1. The molecule has 0 aliphatic heterocycles. The summed E-state index contributed by atoms with van der Waals surface area (Å²) in [7, 11) is 0. The Morgan fingerprint density at radius 3 is 2.22 bits per heavy atom. The van der Waals surface area contributed by atoms with Crippen LogP contribution in [0, 0.1) is 5.82 Å². The van der Waals surface area contributed by atoms with Crippen LogP contribution in [0.2, 0.25) is 0 Å². The van der Waals surface area contributed by atoms with Crippen LogP contribution in [0.5, 0.6) is 0 Å². The van der Waals surface area contributed by atoms with Crippen molar-refractivity contribution in [3.8, 4) is 0 Å². The van der Waals surface area contributed by atoms with Crippen LogP contribution in [0.15, 0.2) is 24.3 Å². The van der Waals surface area contributed by atoms with Gasteiger partial charge in [0.05, 0.1) is 12.2 Å². The van der Waals surface area contributed by atoms with Gasteiger partial charge in [-0.3, -0.25) is 0 Å². The molecule has 1 aromatic carbocycles. The van der Waals surface area contributed by atoms with Gasteiger partial charge in [-0.05, 0) is 37.1 Å². The molecule has 10 heteroatoms. The van der Waals surface area contributed by atoms with Gasteiger partial charge in [-0.2, -0.15) is 17.6 Å². The Kier molecular flexibility index (Phi) is 6.63. The molecule has 0 fully saturated rings. The molecule has 0 spiro atoms. The maximum atomic E-state index is 13.1. The highest BCUT2D eigenvalue weighted by Crippen LogP contribution is 2.40. The second kappa shape index (κ2) is 7.82. The van der Waals surface area contributed by atoms with Gasteiger partial charge >= 0.3 is 17.1 Å². The van der Waals surface area contributed by atoms with Crippen molar-refractivity contribution in [1.29, 1.82) is 0 Å². The number of rotatable bonds is 8. The SMILES string of the molecule is O=C(OCCCCC(F)(F)C(F)(F)S(=O)O)c1ccc(F)cc1. The summed E-state index contributed by atoms with van der Waals surface area (Å²) in [6.45, 7) is -0.305. The number of halogens is 5. The summed E-state index contributed by atoms with van der Waals surface area (Å²) in [5, 5.41) is -5.04. The molecule has 0 saturated carbocycles. The lowest BCUT2D eigenvalue weighted by molar-refractivity contribution is -0.162. The van der Waals surface area contributed by atoms with Crippen molar-refractivity contribution in [2.75, 3.05) is 6.61 Å². The largest absolute Gasteiger partial charge is 0.462 e. The highest BCUT2D eigenvalue weighted by atomic mass is 32.2. The molecule has 1 aromatic rings. The van der Waals surface area contributed by atoms with Crippen LogP contribution in [0.3, 0.4) is 0 Å². The summed E-state index contributed by atoms with van der Waals surface area (Å²) < 4.78 is 87.5. The quantitative estimate of drug-likeness (QED) is 0.333. The zero-order valence-electron chi connectivity index (χ0n) is 11.6. The molecule has 0 heterocycles. The number of carbonyl (C=O) groups is 1. The predicted octanol–water partition coefficient (Wildman–Crippen LogP) is 3.60. The molecule has 1 unspecified atom stereocenters. The maximum Gasteiger partial charge on any atom is 0.406 e. The van der Waals surface area contributed by atoms with Gasteiger partial charge < -0.3 is 9.29 Å². The average molecular weight is 360 g/mol. The van der Waals surface area contributed by atoms with Crippen molar-refractivity contribution < 1.29 is 40.2 Å². The fourth-order valence-corrected chi connectivity index (χ4v) is 1.91. The summed E-state index contributed by atoms with van der Waals surface area (Å²) in [4.78, 5) is 11.5. The third-order valence-electron chi connectivity index (χ3n) is 2.84. The molecule has 1 atom stereocenters. The Balaban J connectivity index is 2.36. The lowest BCUT2D eigenvalue weighted by atomic mass is 10.1. The van der Waals surface area contributed by atoms with Crippen LogP contribution in [-0.2, 0) is 15.8 Å². The third-order valence-corrected chi connectivity index (χ3v) is 3.58. The van der Waals surface area contributed by atoms with Gasteiger partial charge in [-0.25, -0.2) is 13.4 Å². The number of hydrogen-bond donors (Lipinski definition) is 1. The van der Waals surface area contributed by atoms with Crippen LogP contribution in [0.25, 0.3) is 0 Å². The molecule has 130 valence electrons.